The van der Waals surface area contributed by atoms with Crippen LogP contribution in [-0.4, -0.2) is 58.9 Å². The smallest absolute Gasteiger partial charge is 0.326 e. The number of rotatable bonds is 14. The zero-order chi connectivity index (χ0) is 26.3. The van der Waals surface area contributed by atoms with Gasteiger partial charge < -0.3 is 32.0 Å². The van der Waals surface area contributed by atoms with Crippen molar-refractivity contribution in [1.29, 1.82) is 0 Å². The summed E-state index contributed by atoms with van der Waals surface area (Å²) in [6.07, 6.45) is 3.12. The maximum atomic E-state index is 12.6. The largest absolute Gasteiger partial charge is 0.481 e. The number of hydrogen-bond donors (Lipinski definition) is 6. The highest BCUT2D eigenvalue weighted by Crippen LogP contribution is 2.07. The first-order valence-electron chi connectivity index (χ1n) is 11.4. The Bertz CT molecular complexity index is 1040. The van der Waals surface area contributed by atoms with E-state index in [1.165, 1.54) is 0 Å². The molecule has 0 saturated heterocycles. The summed E-state index contributed by atoms with van der Waals surface area (Å²) in [5.74, 6) is 1.65. The highest BCUT2D eigenvalue weighted by molar-refractivity contribution is 5.92. The third kappa shape index (κ3) is 10.2. The topological polar surface area (TPSA) is 183 Å². The molecule has 2 rings (SSSR count). The summed E-state index contributed by atoms with van der Waals surface area (Å²) < 4.78 is 0. The number of nitrogens with one attached hydrogen (secondary N) is 3. The van der Waals surface area contributed by atoms with Crippen molar-refractivity contribution in [3.05, 3.63) is 71.3 Å². The lowest BCUT2D eigenvalue weighted by Crippen LogP contribution is -2.54. The molecule has 2 atom stereocenters. The number of carbonyl (C=O) groups excluding carboxylic acids is 2. The molecule has 11 heteroatoms. The van der Waals surface area contributed by atoms with E-state index in [1.807, 2.05) is 24.3 Å². The molecule has 11 nitrogen and oxygen atoms in total. The number of unbranched alkanes of at least 4 members (excludes halogenated alkanes) is 1. The van der Waals surface area contributed by atoms with Crippen LogP contribution >= 0.6 is 0 Å². The Morgan fingerprint density at radius 1 is 0.889 bits per heavy atom. The van der Waals surface area contributed by atoms with Crippen LogP contribution in [-0.2, 0) is 27.2 Å². The number of nitrogens with zero attached hydrogens (tertiary/aromatic N) is 1. The van der Waals surface area contributed by atoms with E-state index in [1.54, 1.807) is 36.5 Å². The maximum Gasteiger partial charge on any atom is 0.326 e. The molecule has 0 heterocycles. The first-order valence-corrected chi connectivity index (χ1v) is 11.4. The van der Waals surface area contributed by atoms with Crippen LogP contribution in [0.4, 0.5) is 4.79 Å². The van der Waals surface area contributed by atoms with Crippen molar-refractivity contribution in [2.24, 2.45) is 10.9 Å². The Morgan fingerprint density at radius 2 is 1.58 bits per heavy atom. The minimum absolute atomic E-state index is 0.0111. The van der Waals surface area contributed by atoms with Gasteiger partial charge in [0.05, 0.1) is 12.6 Å². The minimum atomic E-state index is -1.43. The third-order valence-electron chi connectivity index (χ3n) is 5.28. The van der Waals surface area contributed by atoms with Crippen molar-refractivity contribution in [2.45, 2.75) is 44.2 Å². The van der Waals surface area contributed by atoms with Gasteiger partial charge in [-0.1, -0.05) is 54.6 Å². The van der Waals surface area contributed by atoms with Gasteiger partial charge in [-0.15, -0.1) is 0 Å². The van der Waals surface area contributed by atoms with Gasteiger partial charge in [-0.05, 0) is 36.0 Å². The highest BCUT2D eigenvalue weighted by atomic mass is 16.4. The van der Waals surface area contributed by atoms with Crippen molar-refractivity contribution in [3.8, 4) is 0 Å². The lowest BCUT2D eigenvalue weighted by molar-refractivity contribution is -0.142. The van der Waals surface area contributed by atoms with Gasteiger partial charge >= 0.3 is 18.0 Å². The van der Waals surface area contributed by atoms with E-state index in [0.29, 0.717) is 18.5 Å². The Labute approximate surface area is 208 Å². The van der Waals surface area contributed by atoms with Crippen LogP contribution in [0.2, 0.25) is 0 Å². The Hall–Kier alpha value is -4.41. The molecule has 192 valence electrons. The van der Waals surface area contributed by atoms with Crippen molar-refractivity contribution >= 4 is 30.1 Å². The SMILES string of the molecule is NN=Cc1ccc(CCCCNC(=O)N[C@@H](CC(=O)O)C(=O)N[C@@H](Cc2ccccc2)C(=O)O)cc1. The fourth-order valence-electron chi connectivity index (χ4n) is 3.43. The zero-order valence-corrected chi connectivity index (χ0v) is 19.7. The standard InChI is InChI=1S/C25H31N5O6/c26-28-16-19-11-9-17(10-12-19)6-4-5-13-27-25(36)30-20(15-22(31)32)23(33)29-21(24(34)35)14-18-7-2-1-3-8-18/h1-3,7-12,16,20-21H,4-6,13-15,26H2,(H,29,33)(H,31,32)(H,34,35)(H2,27,30,36)/t20-,21-/m0/s1. The van der Waals surface area contributed by atoms with Crippen molar-refractivity contribution in [1.82, 2.24) is 16.0 Å². The molecule has 0 saturated carbocycles. The number of benzene rings is 2. The highest BCUT2D eigenvalue weighted by Gasteiger charge is 2.28. The van der Waals surface area contributed by atoms with Crippen LogP contribution in [0, 0.1) is 0 Å². The van der Waals surface area contributed by atoms with Gasteiger partial charge in [0.2, 0.25) is 5.91 Å². The van der Waals surface area contributed by atoms with Gasteiger partial charge in [-0.2, -0.15) is 5.10 Å². The number of hydrazone groups is 1. The molecule has 0 spiro atoms. The second-order valence-corrected chi connectivity index (χ2v) is 8.12. The number of nitrogens with two attached hydrogens (primary N) is 1. The van der Waals surface area contributed by atoms with E-state index < -0.39 is 42.4 Å². The normalized spacial score (nSPS) is 12.4. The summed E-state index contributed by atoms with van der Waals surface area (Å²) in [7, 11) is 0. The summed E-state index contributed by atoms with van der Waals surface area (Å²) in [4.78, 5) is 47.7. The van der Waals surface area contributed by atoms with Gasteiger partial charge in [0.25, 0.3) is 0 Å². The van der Waals surface area contributed by atoms with E-state index >= 15 is 0 Å². The molecule has 36 heavy (non-hydrogen) atoms. The number of amides is 3. The monoisotopic (exact) mass is 497 g/mol. The van der Waals surface area contributed by atoms with Gasteiger partial charge in [-0.3, -0.25) is 9.59 Å². The number of aliphatic carboxylic acids is 2. The van der Waals surface area contributed by atoms with E-state index in [-0.39, 0.29) is 6.42 Å². The van der Waals surface area contributed by atoms with Crippen LogP contribution in [0.3, 0.4) is 0 Å². The van der Waals surface area contributed by atoms with Gasteiger partial charge in [0.1, 0.15) is 12.1 Å². The van der Waals surface area contributed by atoms with Crippen LogP contribution in [0.1, 0.15) is 36.0 Å². The lowest BCUT2D eigenvalue weighted by atomic mass is 10.1. The summed E-state index contributed by atoms with van der Waals surface area (Å²) in [6, 6.07) is 13.0. The number of carbonyl (C=O) groups is 4. The summed E-state index contributed by atoms with van der Waals surface area (Å²) in [6.45, 7) is 0.316. The van der Waals surface area contributed by atoms with E-state index in [0.717, 1.165) is 24.0 Å². The average molecular weight is 498 g/mol. The Morgan fingerprint density at radius 3 is 2.19 bits per heavy atom. The molecular formula is C25H31N5O6. The first kappa shape index (κ1) is 27.8. The summed E-state index contributed by atoms with van der Waals surface area (Å²) in [5.41, 5.74) is 2.70. The molecule has 0 fully saturated rings. The van der Waals surface area contributed by atoms with Crippen LogP contribution < -0.4 is 21.8 Å². The molecule has 2 aromatic rings. The minimum Gasteiger partial charge on any atom is -0.481 e. The predicted molar refractivity (Wildman–Crippen MR) is 133 cm³/mol. The van der Waals surface area contributed by atoms with Crippen molar-refractivity contribution in [3.63, 3.8) is 0 Å². The fourth-order valence-corrected chi connectivity index (χ4v) is 3.43. The molecule has 0 aromatic heterocycles. The molecule has 7 N–H and O–H groups in total. The molecule has 0 aliphatic rings. The summed E-state index contributed by atoms with van der Waals surface area (Å²) in [5, 5.41) is 29.3. The number of carboxylic acid groups (broad SMARTS) is 2. The predicted octanol–water partition coefficient (Wildman–Crippen LogP) is 1.26. The number of aryl methyl sites for hydroxylation is 1. The van der Waals surface area contributed by atoms with Crippen LogP contribution in [0.25, 0.3) is 0 Å². The molecule has 0 radical (unpaired) electrons. The molecule has 3 amide bonds. The van der Waals surface area contributed by atoms with Crippen LogP contribution in [0.15, 0.2) is 59.7 Å². The number of hydrogen-bond acceptors (Lipinski definition) is 6. The molecule has 0 aliphatic heterocycles. The molecule has 2 aromatic carbocycles. The van der Waals surface area contributed by atoms with E-state index in [2.05, 4.69) is 21.1 Å². The number of urea groups is 1. The molecular weight excluding hydrogens is 466 g/mol. The van der Waals surface area contributed by atoms with E-state index in [4.69, 9.17) is 10.9 Å². The van der Waals surface area contributed by atoms with Gasteiger partial charge in [0.15, 0.2) is 0 Å². The lowest BCUT2D eigenvalue weighted by Gasteiger charge is -2.20. The molecule has 0 unspecified atom stereocenters. The Balaban J connectivity index is 1.82. The molecule has 0 bridgehead atoms. The van der Waals surface area contributed by atoms with Crippen molar-refractivity contribution < 1.29 is 29.4 Å². The zero-order valence-electron chi connectivity index (χ0n) is 19.7. The first-order chi connectivity index (χ1) is 17.3. The van der Waals surface area contributed by atoms with Gasteiger partial charge in [-0.25, -0.2) is 9.59 Å². The van der Waals surface area contributed by atoms with Crippen molar-refractivity contribution in [2.75, 3.05) is 6.54 Å². The van der Waals surface area contributed by atoms with Crippen LogP contribution in [0.5, 0.6) is 0 Å². The summed E-state index contributed by atoms with van der Waals surface area (Å²) >= 11 is 0. The van der Waals surface area contributed by atoms with Gasteiger partial charge in [0, 0.05) is 13.0 Å². The maximum absolute atomic E-state index is 12.6. The third-order valence-corrected chi connectivity index (χ3v) is 5.28. The van der Waals surface area contributed by atoms with E-state index in [9.17, 15) is 24.3 Å². The molecule has 0 aliphatic carbocycles. The Kier molecular flexibility index (Phi) is 11.4. The number of carboxylic acids is 2. The second-order valence-electron chi connectivity index (χ2n) is 8.12. The second kappa shape index (κ2) is 14.8. The average Bonchev–Trinajstić information content (AvgIpc) is 2.84. The quantitative estimate of drug-likeness (QED) is 0.0982. The fraction of sp³-hybridized carbons (Fsp3) is 0.320.